The third-order valence-electron chi connectivity index (χ3n) is 1.76. The Balaban J connectivity index is 3.25. The molecule has 0 saturated carbocycles. The second-order valence-corrected chi connectivity index (χ2v) is 5.16. The molecule has 0 amide bonds. The van der Waals surface area contributed by atoms with Crippen molar-refractivity contribution in [3.05, 3.63) is 28.8 Å². The molecule has 0 bridgehead atoms. The van der Waals surface area contributed by atoms with Crippen molar-refractivity contribution in [3.63, 3.8) is 0 Å². The fraction of sp³-hybridized carbons (Fsp3) is 0.125. The largest absolute Gasteiger partial charge is 0.516 e. The normalized spacial score (nSPS) is 12.2. The van der Waals surface area contributed by atoms with Crippen LogP contribution < -0.4 is 4.72 Å². The van der Waals surface area contributed by atoms with Crippen LogP contribution in [0.25, 0.3) is 0 Å². The Kier molecular flexibility index (Phi) is 3.77. The summed E-state index contributed by atoms with van der Waals surface area (Å²) in [5.74, 6) is -1.61. The molecule has 0 unspecified atom stereocenters. The number of aromatic carboxylic acids is 1. The molecule has 0 atom stereocenters. The number of carboxylic acids is 1. The van der Waals surface area contributed by atoms with Crippen LogP contribution in [0.3, 0.4) is 0 Å². The van der Waals surface area contributed by atoms with E-state index in [0.717, 1.165) is 22.9 Å². The van der Waals surface area contributed by atoms with Gasteiger partial charge in [0.05, 0.1) is 11.3 Å². The summed E-state index contributed by atoms with van der Waals surface area (Å²) in [6.45, 7) is 0. The topological polar surface area (TPSA) is 83.5 Å². The van der Waals surface area contributed by atoms with Crippen LogP contribution in [0.15, 0.2) is 18.2 Å². The molecular formula is C8H5ClF3NO4S. The van der Waals surface area contributed by atoms with Crippen LogP contribution in [0, 0.1) is 0 Å². The number of nitrogens with one attached hydrogen (secondary N) is 1. The molecule has 5 nitrogen and oxygen atoms in total. The summed E-state index contributed by atoms with van der Waals surface area (Å²) in [7, 11) is -5.68. The summed E-state index contributed by atoms with van der Waals surface area (Å²) in [5, 5.41) is 8.66. The summed E-state index contributed by atoms with van der Waals surface area (Å²) < 4.78 is 59.1. The lowest BCUT2D eigenvalue weighted by Gasteiger charge is -2.12. The highest BCUT2D eigenvalue weighted by atomic mass is 35.5. The van der Waals surface area contributed by atoms with E-state index in [2.05, 4.69) is 0 Å². The molecule has 2 N–H and O–H groups in total. The highest BCUT2D eigenvalue weighted by Crippen LogP contribution is 2.28. The van der Waals surface area contributed by atoms with Gasteiger partial charge in [0, 0.05) is 5.02 Å². The van der Waals surface area contributed by atoms with Gasteiger partial charge in [-0.1, -0.05) is 11.6 Å². The van der Waals surface area contributed by atoms with Gasteiger partial charge in [-0.3, -0.25) is 4.72 Å². The van der Waals surface area contributed by atoms with Crippen molar-refractivity contribution in [2.24, 2.45) is 0 Å². The van der Waals surface area contributed by atoms with E-state index in [9.17, 15) is 26.4 Å². The predicted octanol–water partition coefficient (Wildman–Crippen LogP) is 2.30. The Hall–Kier alpha value is -1.48. The molecule has 0 aliphatic rings. The maximum Gasteiger partial charge on any atom is 0.516 e. The van der Waals surface area contributed by atoms with E-state index >= 15 is 0 Å². The number of carboxylic acid groups (broad SMARTS) is 1. The van der Waals surface area contributed by atoms with Gasteiger partial charge in [0.25, 0.3) is 0 Å². The third kappa shape index (κ3) is 3.05. The third-order valence-corrected chi connectivity index (χ3v) is 3.09. The predicted molar refractivity (Wildman–Crippen MR) is 57.0 cm³/mol. The summed E-state index contributed by atoms with van der Waals surface area (Å²) >= 11 is 5.46. The van der Waals surface area contributed by atoms with Crippen LogP contribution in [-0.2, 0) is 10.0 Å². The summed E-state index contributed by atoms with van der Waals surface area (Å²) in [5.41, 5.74) is -6.94. The summed E-state index contributed by atoms with van der Waals surface area (Å²) in [6.07, 6.45) is 0. The molecule has 1 rings (SSSR count). The van der Waals surface area contributed by atoms with Crippen molar-refractivity contribution in [2.45, 2.75) is 5.51 Å². The van der Waals surface area contributed by atoms with Crippen molar-refractivity contribution in [2.75, 3.05) is 4.72 Å². The Morgan fingerprint density at radius 2 is 1.89 bits per heavy atom. The van der Waals surface area contributed by atoms with Crippen LogP contribution in [-0.4, -0.2) is 25.0 Å². The standard InChI is InChI=1S/C8H5ClF3NO4S/c9-4-1-2-6(5(3-4)7(14)15)13-18(16,17)8(10,11)12/h1-3,13H,(H,14,15). The van der Waals surface area contributed by atoms with E-state index in [-0.39, 0.29) is 5.02 Å². The number of halogens is 4. The lowest BCUT2D eigenvalue weighted by molar-refractivity contribution is -0.0429. The highest BCUT2D eigenvalue weighted by molar-refractivity contribution is 7.93. The number of rotatable bonds is 3. The molecule has 0 aromatic heterocycles. The Bertz CT molecular complexity index is 584. The molecule has 0 radical (unpaired) electrons. The number of anilines is 1. The van der Waals surface area contributed by atoms with Gasteiger partial charge < -0.3 is 5.11 Å². The van der Waals surface area contributed by atoms with Crippen molar-refractivity contribution < 1.29 is 31.5 Å². The quantitative estimate of drug-likeness (QED) is 0.897. The van der Waals surface area contributed by atoms with Gasteiger partial charge in [-0.2, -0.15) is 21.6 Å². The number of alkyl halides is 3. The molecule has 1 aromatic carbocycles. The minimum absolute atomic E-state index is 0.0534. The summed E-state index contributed by atoms with van der Waals surface area (Å²) in [6, 6.07) is 2.72. The lowest BCUT2D eigenvalue weighted by Crippen LogP contribution is -2.30. The first-order chi connectivity index (χ1) is 8.04. The molecule has 10 heteroatoms. The average Bonchev–Trinajstić information content (AvgIpc) is 2.18. The Morgan fingerprint density at radius 1 is 1.33 bits per heavy atom. The van der Waals surface area contributed by atoms with Gasteiger partial charge in [0.1, 0.15) is 0 Å². The minimum Gasteiger partial charge on any atom is -0.478 e. The van der Waals surface area contributed by atoms with E-state index < -0.39 is 32.8 Å². The first kappa shape index (κ1) is 14.6. The second kappa shape index (κ2) is 4.65. The smallest absolute Gasteiger partial charge is 0.478 e. The lowest BCUT2D eigenvalue weighted by atomic mass is 10.2. The molecule has 0 heterocycles. The van der Waals surface area contributed by atoms with Gasteiger partial charge in [0.2, 0.25) is 0 Å². The Labute approximate surface area is 104 Å². The van der Waals surface area contributed by atoms with E-state index in [1.54, 1.807) is 0 Å². The van der Waals surface area contributed by atoms with Crippen LogP contribution in [0.5, 0.6) is 0 Å². The first-order valence-electron chi connectivity index (χ1n) is 4.16. The van der Waals surface area contributed by atoms with Gasteiger partial charge in [-0.15, -0.1) is 0 Å². The first-order valence-corrected chi connectivity index (χ1v) is 6.02. The molecule has 1 aromatic rings. The van der Waals surface area contributed by atoms with Crippen LogP contribution in [0.2, 0.25) is 5.02 Å². The van der Waals surface area contributed by atoms with Gasteiger partial charge in [-0.25, -0.2) is 4.79 Å². The maximum absolute atomic E-state index is 12.1. The Morgan fingerprint density at radius 3 is 2.33 bits per heavy atom. The fourth-order valence-electron chi connectivity index (χ4n) is 0.985. The van der Waals surface area contributed by atoms with E-state index in [0.29, 0.717) is 0 Å². The maximum atomic E-state index is 12.1. The van der Waals surface area contributed by atoms with Crippen LogP contribution in [0.4, 0.5) is 18.9 Å². The van der Waals surface area contributed by atoms with Crippen molar-refractivity contribution in [1.29, 1.82) is 0 Å². The molecule has 0 spiro atoms. The number of hydrogen-bond donors (Lipinski definition) is 2. The zero-order valence-corrected chi connectivity index (χ0v) is 9.90. The average molecular weight is 304 g/mol. The van der Waals surface area contributed by atoms with Crippen molar-refractivity contribution in [3.8, 4) is 0 Å². The number of hydrogen-bond acceptors (Lipinski definition) is 3. The van der Waals surface area contributed by atoms with Crippen LogP contribution >= 0.6 is 11.6 Å². The number of carbonyl (C=O) groups is 1. The SMILES string of the molecule is O=C(O)c1cc(Cl)ccc1NS(=O)(=O)C(F)(F)F. The fourth-order valence-corrected chi connectivity index (χ4v) is 1.74. The second-order valence-electron chi connectivity index (χ2n) is 3.05. The van der Waals surface area contributed by atoms with E-state index in [4.69, 9.17) is 16.7 Å². The van der Waals surface area contributed by atoms with Crippen molar-refractivity contribution in [1.82, 2.24) is 0 Å². The van der Waals surface area contributed by atoms with E-state index in [1.165, 1.54) is 0 Å². The van der Waals surface area contributed by atoms with Gasteiger partial charge in [0.15, 0.2) is 0 Å². The molecule has 100 valence electrons. The molecule has 0 fully saturated rings. The minimum atomic E-state index is -5.68. The van der Waals surface area contributed by atoms with Crippen LogP contribution in [0.1, 0.15) is 10.4 Å². The zero-order valence-electron chi connectivity index (χ0n) is 8.32. The highest BCUT2D eigenvalue weighted by Gasteiger charge is 2.46. The van der Waals surface area contributed by atoms with Gasteiger partial charge in [-0.05, 0) is 18.2 Å². The number of sulfonamides is 1. The number of benzene rings is 1. The molecular weight excluding hydrogens is 299 g/mol. The molecule has 0 saturated heterocycles. The monoisotopic (exact) mass is 303 g/mol. The molecule has 18 heavy (non-hydrogen) atoms. The molecule has 0 aliphatic heterocycles. The summed E-state index contributed by atoms with van der Waals surface area (Å²) in [4.78, 5) is 10.7. The van der Waals surface area contributed by atoms with Crippen molar-refractivity contribution >= 4 is 33.3 Å². The van der Waals surface area contributed by atoms with E-state index in [1.807, 2.05) is 0 Å². The van der Waals surface area contributed by atoms with Gasteiger partial charge >= 0.3 is 21.5 Å². The zero-order chi connectivity index (χ0) is 14.1. The molecule has 0 aliphatic carbocycles.